The number of rotatable bonds is 5. The molecule has 1 aromatic carbocycles. The molecule has 0 heterocycles. The molecule has 0 aliphatic rings. The zero-order valence-corrected chi connectivity index (χ0v) is 11.7. The SMILES string of the molecule is CCC(C)[C@H](NC(=O)Nc1cc(C)ccc1F)C(=O)O. The third kappa shape index (κ3) is 4.22. The molecular weight excluding hydrogens is 263 g/mol. The number of urea groups is 1. The maximum absolute atomic E-state index is 13.5. The fourth-order valence-corrected chi connectivity index (χ4v) is 1.72. The molecule has 1 unspecified atom stereocenters. The van der Waals surface area contributed by atoms with Gasteiger partial charge in [0, 0.05) is 0 Å². The van der Waals surface area contributed by atoms with Crippen LogP contribution in [0.25, 0.3) is 0 Å². The van der Waals surface area contributed by atoms with Crippen LogP contribution < -0.4 is 10.6 Å². The Kier molecular flexibility index (Phi) is 5.49. The van der Waals surface area contributed by atoms with Gasteiger partial charge < -0.3 is 15.7 Å². The molecule has 0 saturated carbocycles. The highest BCUT2D eigenvalue weighted by Gasteiger charge is 2.25. The summed E-state index contributed by atoms with van der Waals surface area (Å²) in [6, 6.07) is 2.56. The summed E-state index contributed by atoms with van der Waals surface area (Å²) in [4.78, 5) is 22.9. The van der Waals surface area contributed by atoms with Crippen molar-refractivity contribution < 1.29 is 19.1 Å². The van der Waals surface area contributed by atoms with Crippen molar-refractivity contribution in [2.75, 3.05) is 5.32 Å². The molecule has 0 aromatic heterocycles. The predicted octanol–water partition coefficient (Wildman–Crippen LogP) is 2.75. The van der Waals surface area contributed by atoms with Gasteiger partial charge in [0.2, 0.25) is 0 Å². The van der Waals surface area contributed by atoms with E-state index in [2.05, 4.69) is 10.6 Å². The maximum atomic E-state index is 13.5. The Bertz CT molecular complexity index is 505. The molecule has 1 aromatic rings. The number of halogens is 1. The second kappa shape index (κ2) is 6.88. The Morgan fingerprint density at radius 2 is 2.05 bits per heavy atom. The van der Waals surface area contributed by atoms with Gasteiger partial charge in [-0.05, 0) is 30.5 Å². The van der Waals surface area contributed by atoms with Crippen molar-refractivity contribution in [3.8, 4) is 0 Å². The van der Waals surface area contributed by atoms with Gasteiger partial charge in [0.1, 0.15) is 11.9 Å². The summed E-state index contributed by atoms with van der Waals surface area (Å²) in [7, 11) is 0. The van der Waals surface area contributed by atoms with Gasteiger partial charge in [-0.15, -0.1) is 0 Å². The normalized spacial score (nSPS) is 13.4. The quantitative estimate of drug-likeness (QED) is 0.777. The van der Waals surface area contributed by atoms with E-state index in [-0.39, 0.29) is 11.6 Å². The topological polar surface area (TPSA) is 78.4 Å². The van der Waals surface area contributed by atoms with Crippen LogP contribution in [0.3, 0.4) is 0 Å². The van der Waals surface area contributed by atoms with Crippen molar-refractivity contribution in [2.45, 2.75) is 33.2 Å². The molecular formula is C14H19FN2O3. The van der Waals surface area contributed by atoms with Crippen LogP contribution >= 0.6 is 0 Å². The second-order valence-corrected chi connectivity index (χ2v) is 4.78. The lowest BCUT2D eigenvalue weighted by Gasteiger charge is -2.20. The number of anilines is 1. The highest BCUT2D eigenvalue weighted by molar-refractivity contribution is 5.92. The largest absolute Gasteiger partial charge is 0.480 e. The molecule has 0 spiro atoms. The van der Waals surface area contributed by atoms with Crippen LogP contribution in [-0.2, 0) is 4.79 Å². The van der Waals surface area contributed by atoms with Gasteiger partial charge in [0.15, 0.2) is 0 Å². The number of amides is 2. The first-order valence-corrected chi connectivity index (χ1v) is 6.41. The Morgan fingerprint density at radius 1 is 1.40 bits per heavy atom. The van der Waals surface area contributed by atoms with Crippen LogP contribution in [0, 0.1) is 18.7 Å². The first-order chi connectivity index (χ1) is 9.35. The third-order valence-electron chi connectivity index (χ3n) is 3.14. The fraction of sp³-hybridized carbons (Fsp3) is 0.429. The van der Waals surface area contributed by atoms with Gasteiger partial charge in [-0.25, -0.2) is 14.0 Å². The lowest BCUT2D eigenvalue weighted by Crippen LogP contribution is -2.46. The number of hydrogen-bond acceptors (Lipinski definition) is 2. The van der Waals surface area contributed by atoms with E-state index in [1.54, 1.807) is 19.9 Å². The van der Waals surface area contributed by atoms with E-state index in [1.165, 1.54) is 12.1 Å². The van der Waals surface area contributed by atoms with E-state index in [0.29, 0.717) is 6.42 Å². The summed E-state index contributed by atoms with van der Waals surface area (Å²) in [5.41, 5.74) is 0.814. The highest BCUT2D eigenvalue weighted by Crippen LogP contribution is 2.16. The number of carbonyl (C=O) groups excluding carboxylic acids is 1. The van der Waals surface area contributed by atoms with Gasteiger partial charge in [-0.3, -0.25) is 0 Å². The number of aliphatic carboxylic acids is 1. The van der Waals surface area contributed by atoms with Crippen molar-refractivity contribution in [1.82, 2.24) is 5.32 Å². The van der Waals surface area contributed by atoms with E-state index >= 15 is 0 Å². The predicted molar refractivity (Wildman–Crippen MR) is 74.2 cm³/mol. The molecule has 0 saturated heterocycles. The molecule has 20 heavy (non-hydrogen) atoms. The lowest BCUT2D eigenvalue weighted by molar-refractivity contribution is -0.140. The Labute approximate surface area is 117 Å². The van der Waals surface area contributed by atoms with Gasteiger partial charge in [-0.2, -0.15) is 0 Å². The van der Waals surface area contributed by atoms with Crippen LogP contribution in [0.4, 0.5) is 14.9 Å². The molecule has 0 aliphatic carbocycles. The Balaban J connectivity index is 2.75. The van der Waals surface area contributed by atoms with Crippen molar-refractivity contribution in [3.05, 3.63) is 29.6 Å². The smallest absolute Gasteiger partial charge is 0.326 e. The summed E-state index contributed by atoms with van der Waals surface area (Å²) in [5.74, 6) is -1.90. The van der Waals surface area contributed by atoms with Gasteiger partial charge in [0.25, 0.3) is 0 Å². The van der Waals surface area contributed by atoms with Gasteiger partial charge >= 0.3 is 12.0 Å². The molecule has 110 valence electrons. The minimum atomic E-state index is -1.11. The number of hydrogen-bond donors (Lipinski definition) is 3. The summed E-state index contributed by atoms with van der Waals surface area (Å²) < 4.78 is 13.5. The molecule has 0 radical (unpaired) electrons. The number of carboxylic acids is 1. The van der Waals surface area contributed by atoms with Crippen LogP contribution in [0.1, 0.15) is 25.8 Å². The monoisotopic (exact) mass is 282 g/mol. The zero-order chi connectivity index (χ0) is 15.3. The van der Waals surface area contributed by atoms with Crippen LogP contribution in [-0.4, -0.2) is 23.1 Å². The van der Waals surface area contributed by atoms with Crippen molar-refractivity contribution >= 4 is 17.7 Å². The van der Waals surface area contributed by atoms with Crippen LogP contribution in [0.5, 0.6) is 0 Å². The molecule has 2 atom stereocenters. The highest BCUT2D eigenvalue weighted by atomic mass is 19.1. The number of carboxylic acid groups (broad SMARTS) is 1. The second-order valence-electron chi connectivity index (χ2n) is 4.78. The lowest BCUT2D eigenvalue weighted by atomic mass is 9.99. The third-order valence-corrected chi connectivity index (χ3v) is 3.14. The molecule has 0 aliphatic heterocycles. The Hall–Kier alpha value is -2.11. The van der Waals surface area contributed by atoms with E-state index in [1.807, 2.05) is 6.92 Å². The molecule has 0 bridgehead atoms. The number of carbonyl (C=O) groups is 2. The van der Waals surface area contributed by atoms with E-state index in [0.717, 1.165) is 5.56 Å². The molecule has 0 fully saturated rings. The van der Waals surface area contributed by atoms with Gasteiger partial charge in [-0.1, -0.05) is 26.3 Å². The number of nitrogens with one attached hydrogen (secondary N) is 2. The molecule has 2 amide bonds. The van der Waals surface area contributed by atoms with E-state index < -0.39 is 23.9 Å². The number of benzene rings is 1. The summed E-state index contributed by atoms with van der Waals surface area (Å²) in [5, 5.41) is 13.7. The molecule has 3 N–H and O–H groups in total. The minimum absolute atomic E-state index is 0.0239. The van der Waals surface area contributed by atoms with Crippen LogP contribution in [0.2, 0.25) is 0 Å². The number of aryl methyl sites for hydroxylation is 1. The molecule has 1 rings (SSSR count). The first kappa shape index (κ1) is 15.9. The average Bonchev–Trinajstić information content (AvgIpc) is 2.39. The zero-order valence-electron chi connectivity index (χ0n) is 11.7. The van der Waals surface area contributed by atoms with Gasteiger partial charge in [0.05, 0.1) is 5.69 Å². The standard InChI is InChI=1S/C14H19FN2O3/c1-4-9(3)12(13(18)19)17-14(20)16-11-7-8(2)5-6-10(11)15/h5-7,9,12H,4H2,1-3H3,(H,18,19)(H2,16,17,20)/t9?,12-/m0/s1. The average molecular weight is 282 g/mol. The molecule has 5 nitrogen and oxygen atoms in total. The Morgan fingerprint density at radius 3 is 2.60 bits per heavy atom. The van der Waals surface area contributed by atoms with Crippen molar-refractivity contribution in [1.29, 1.82) is 0 Å². The van der Waals surface area contributed by atoms with Crippen molar-refractivity contribution in [3.63, 3.8) is 0 Å². The van der Waals surface area contributed by atoms with Crippen molar-refractivity contribution in [2.24, 2.45) is 5.92 Å². The fourth-order valence-electron chi connectivity index (χ4n) is 1.72. The van der Waals surface area contributed by atoms with E-state index in [4.69, 9.17) is 5.11 Å². The minimum Gasteiger partial charge on any atom is -0.480 e. The maximum Gasteiger partial charge on any atom is 0.326 e. The summed E-state index contributed by atoms with van der Waals surface area (Å²) in [6.07, 6.45) is 0.607. The summed E-state index contributed by atoms with van der Waals surface area (Å²) >= 11 is 0. The van der Waals surface area contributed by atoms with Crippen LogP contribution in [0.15, 0.2) is 18.2 Å². The summed E-state index contributed by atoms with van der Waals surface area (Å²) in [6.45, 7) is 5.33. The molecule has 6 heteroatoms. The first-order valence-electron chi connectivity index (χ1n) is 6.41. The van der Waals surface area contributed by atoms with E-state index in [9.17, 15) is 14.0 Å².